The SMILES string of the molecule is CCCC1CCC(CN)C(OCCCc2ccncc2)C1. The van der Waals surface area contributed by atoms with Crippen LogP contribution in [0.2, 0.25) is 0 Å². The lowest BCUT2D eigenvalue weighted by atomic mass is 9.78. The van der Waals surface area contributed by atoms with Crippen LogP contribution in [-0.2, 0) is 11.2 Å². The molecule has 0 saturated heterocycles. The highest BCUT2D eigenvalue weighted by molar-refractivity contribution is 5.09. The minimum atomic E-state index is 0.387. The van der Waals surface area contributed by atoms with Gasteiger partial charge >= 0.3 is 0 Å². The predicted molar refractivity (Wildman–Crippen MR) is 87.1 cm³/mol. The van der Waals surface area contributed by atoms with E-state index in [1.807, 2.05) is 12.4 Å². The predicted octanol–water partition coefficient (Wildman–Crippen LogP) is 3.57. The van der Waals surface area contributed by atoms with Crippen LogP contribution in [0.4, 0.5) is 0 Å². The summed E-state index contributed by atoms with van der Waals surface area (Å²) in [5.74, 6) is 1.42. The third-order valence-corrected chi connectivity index (χ3v) is 4.73. The van der Waals surface area contributed by atoms with Crippen molar-refractivity contribution in [3.8, 4) is 0 Å². The topological polar surface area (TPSA) is 48.1 Å². The second-order valence-electron chi connectivity index (χ2n) is 6.33. The Kier molecular flexibility index (Phi) is 7.17. The van der Waals surface area contributed by atoms with Crippen LogP contribution in [0.5, 0.6) is 0 Å². The van der Waals surface area contributed by atoms with E-state index in [4.69, 9.17) is 10.5 Å². The summed E-state index contributed by atoms with van der Waals surface area (Å²) >= 11 is 0. The molecular formula is C18H30N2O. The number of nitrogens with two attached hydrogens (primary N) is 1. The molecule has 1 fully saturated rings. The minimum Gasteiger partial charge on any atom is -0.378 e. The zero-order valence-corrected chi connectivity index (χ0v) is 13.3. The van der Waals surface area contributed by atoms with E-state index in [9.17, 15) is 0 Å². The van der Waals surface area contributed by atoms with Crippen molar-refractivity contribution in [2.75, 3.05) is 13.2 Å². The molecule has 1 aliphatic rings. The maximum absolute atomic E-state index is 6.19. The molecule has 1 aliphatic carbocycles. The van der Waals surface area contributed by atoms with E-state index in [2.05, 4.69) is 24.0 Å². The van der Waals surface area contributed by atoms with Crippen molar-refractivity contribution in [3.05, 3.63) is 30.1 Å². The summed E-state index contributed by atoms with van der Waals surface area (Å²) in [5, 5.41) is 0. The van der Waals surface area contributed by atoms with Crippen molar-refractivity contribution >= 4 is 0 Å². The summed E-state index contributed by atoms with van der Waals surface area (Å²) < 4.78 is 6.19. The number of hydrogen-bond acceptors (Lipinski definition) is 3. The Labute approximate surface area is 129 Å². The average Bonchev–Trinajstić information content (AvgIpc) is 2.53. The minimum absolute atomic E-state index is 0.387. The molecule has 0 aliphatic heterocycles. The highest BCUT2D eigenvalue weighted by Gasteiger charge is 2.29. The van der Waals surface area contributed by atoms with Crippen molar-refractivity contribution in [1.29, 1.82) is 0 Å². The lowest BCUT2D eigenvalue weighted by molar-refractivity contribution is -0.0251. The van der Waals surface area contributed by atoms with Gasteiger partial charge in [-0.1, -0.05) is 19.8 Å². The first kappa shape index (κ1) is 16.4. The molecule has 1 saturated carbocycles. The largest absolute Gasteiger partial charge is 0.378 e. The summed E-state index contributed by atoms with van der Waals surface area (Å²) in [5.41, 5.74) is 7.27. The highest BCUT2D eigenvalue weighted by atomic mass is 16.5. The molecule has 1 heterocycles. The van der Waals surface area contributed by atoms with Gasteiger partial charge in [-0.15, -0.1) is 0 Å². The summed E-state index contributed by atoms with van der Waals surface area (Å²) in [7, 11) is 0. The molecule has 2 N–H and O–H groups in total. The fourth-order valence-electron chi connectivity index (χ4n) is 3.48. The van der Waals surface area contributed by atoms with E-state index in [1.165, 1.54) is 37.7 Å². The maximum atomic E-state index is 6.19. The van der Waals surface area contributed by atoms with Crippen LogP contribution in [0, 0.1) is 11.8 Å². The molecule has 2 rings (SSSR count). The lowest BCUT2D eigenvalue weighted by Gasteiger charge is -2.35. The van der Waals surface area contributed by atoms with Gasteiger partial charge in [0.1, 0.15) is 0 Å². The Balaban J connectivity index is 1.71. The van der Waals surface area contributed by atoms with Gasteiger partial charge in [0.2, 0.25) is 0 Å². The number of pyridine rings is 1. The summed E-state index contributed by atoms with van der Waals surface area (Å²) in [6.07, 6.45) is 12.7. The summed E-state index contributed by atoms with van der Waals surface area (Å²) in [6.45, 7) is 3.90. The van der Waals surface area contributed by atoms with Gasteiger partial charge in [-0.25, -0.2) is 0 Å². The van der Waals surface area contributed by atoms with Gasteiger partial charge in [0, 0.05) is 19.0 Å². The van der Waals surface area contributed by atoms with Crippen LogP contribution in [-0.4, -0.2) is 24.2 Å². The Bertz CT molecular complexity index is 382. The first-order valence-corrected chi connectivity index (χ1v) is 8.54. The number of ether oxygens (including phenoxy) is 1. The van der Waals surface area contributed by atoms with E-state index < -0.39 is 0 Å². The van der Waals surface area contributed by atoms with Crippen LogP contribution in [0.15, 0.2) is 24.5 Å². The molecule has 118 valence electrons. The van der Waals surface area contributed by atoms with Crippen molar-refractivity contribution in [1.82, 2.24) is 4.98 Å². The smallest absolute Gasteiger partial charge is 0.0617 e. The van der Waals surface area contributed by atoms with Crippen molar-refractivity contribution in [3.63, 3.8) is 0 Å². The Morgan fingerprint density at radius 3 is 2.81 bits per heavy atom. The van der Waals surface area contributed by atoms with E-state index in [1.54, 1.807) is 0 Å². The van der Waals surface area contributed by atoms with Gasteiger partial charge in [-0.05, 0) is 68.2 Å². The molecule has 0 spiro atoms. The zero-order valence-electron chi connectivity index (χ0n) is 13.3. The molecule has 0 aromatic carbocycles. The number of nitrogens with zero attached hydrogens (tertiary/aromatic N) is 1. The van der Waals surface area contributed by atoms with Crippen LogP contribution >= 0.6 is 0 Å². The Morgan fingerprint density at radius 1 is 1.29 bits per heavy atom. The number of aromatic nitrogens is 1. The maximum Gasteiger partial charge on any atom is 0.0617 e. The molecular weight excluding hydrogens is 260 g/mol. The molecule has 0 amide bonds. The van der Waals surface area contributed by atoms with Gasteiger partial charge in [0.25, 0.3) is 0 Å². The second-order valence-corrected chi connectivity index (χ2v) is 6.33. The van der Waals surface area contributed by atoms with Gasteiger partial charge < -0.3 is 10.5 Å². The second kappa shape index (κ2) is 9.16. The van der Waals surface area contributed by atoms with Gasteiger partial charge in [-0.2, -0.15) is 0 Å². The Morgan fingerprint density at radius 2 is 2.10 bits per heavy atom. The molecule has 3 unspecified atom stereocenters. The first-order chi connectivity index (χ1) is 10.3. The van der Waals surface area contributed by atoms with Gasteiger partial charge in [0.05, 0.1) is 6.10 Å². The van der Waals surface area contributed by atoms with Crippen molar-refractivity contribution < 1.29 is 4.74 Å². The zero-order chi connectivity index (χ0) is 14.9. The molecule has 1 aromatic rings. The van der Waals surface area contributed by atoms with Crippen LogP contribution in [0.3, 0.4) is 0 Å². The molecule has 21 heavy (non-hydrogen) atoms. The molecule has 1 aromatic heterocycles. The normalized spacial score (nSPS) is 25.9. The fraction of sp³-hybridized carbons (Fsp3) is 0.722. The van der Waals surface area contributed by atoms with E-state index >= 15 is 0 Å². The van der Waals surface area contributed by atoms with Gasteiger partial charge in [-0.3, -0.25) is 4.98 Å². The third-order valence-electron chi connectivity index (χ3n) is 4.73. The van der Waals surface area contributed by atoms with Crippen molar-refractivity contribution in [2.45, 2.75) is 58.0 Å². The average molecular weight is 290 g/mol. The van der Waals surface area contributed by atoms with Crippen LogP contribution in [0.25, 0.3) is 0 Å². The monoisotopic (exact) mass is 290 g/mol. The molecule has 3 atom stereocenters. The number of hydrogen-bond donors (Lipinski definition) is 1. The fourth-order valence-corrected chi connectivity index (χ4v) is 3.48. The highest BCUT2D eigenvalue weighted by Crippen LogP contribution is 2.33. The molecule has 3 heteroatoms. The standard InChI is InChI=1S/C18H30N2O/c1-2-4-16-6-7-17(14-19)18(13-16)21-12-3-5-15-8-10-20-11-9-15/h8-11,16-18H,2-7,12-14,19H2,1H3. The third kappa shape index (κ3) is 5.40. The number of rotatable bonds is 8. The molecule has 0 radical (unpaired) electrons. The number of aryl methyl sites for hydroxylation is 1. The van der Waals surface area contributed by atoms with Crippen molar-refractivity contribution in [2.24, 2.45) is 17.6 Å². The van der Waals surface area contributed by atoms with E-state index in [-0.39, 0.29) is 0 Å². The quantitative estimate of drug-likeness (QED) is 0.745. The molecule has 0 bridgehead atoms. The van der Waals surface area contributed by atoms with Gasteiger partial charge in [0.15, 0.2) is 0 Å². The first-order valence-electron chi connectivity index (χ1n) is 8.54. The van der Waals surface area contributed by atoms with E-state index in [0.717, 1.165) is 31.9 Å². The lowest BCUT2D eigenvalue weighted by Crippen LogP contribution is -2.36. The van der Waals surface area contributed by atoms with Crippen LogP contribution < -0.4 is 5.73 Å². The summed E-state index contributed by atoms with van der Waals surface area (Å²) in [6, 6.07) is 4.17. The van der Waals surface area contributed by atoms with Crippen LogP contribution in [0.1, 0.15) is 51.0 Å². The summed E-state index contributed by atoms with van der Waals surface area (Å²) in [4.78, 5) is 4.05. The Hall–Kier alpha value is -0.930. The van der Waals surface area contributed by atoms with E-state index in [0.29, 0.717) is 12.0 Å². The molecule has 3 nitrogen and oxygen atoms in total.